The molecule has 42 heavy (non-hydrogen) atoms. The largest absolute Gasteiger partial charge is 0.336 e. The Morgan fingerprint density at radius 3 is 1.43 bits per heavy atom. The van der Waals surface area contributed by atoms with Gasteiger partial charge in [-0.05, 0) is 63.8 Å². The summed E-state index contributed by atoms with van der Waals surface area (Å²) in [6.07, 6.45) is 7.12. The van der Waals surface area contributed by atoms with E-state index in [2.05, 4.69) is 41.5 Å². The van der Waals surface area contributed by atoms with E-state index in [1.807, 2.05) is 58.3 Å². The molecule has 0 saturated heterocycles. The summed E-state index contributed by atoms with van der Waals surface area (Å²) in [6.45, 7) is 14.1. The third kappa shape index (κ3) is 6.76. The third-order valence-corrected chi connectivity index (χ3v) is 10.3. The van der Waals surface area contributed by atoms with Crippen LogP contribution < -0.4 is 0 Å². The van der Waals surface area contributed by atoms with Gasteiger partial charge in [0.15, 0.2) is 0 Å². The summed E-state index contributed by atoms with van der Waals surface area (Å²) < 4.78 is 0. The molecule has 2 amide bonds. The molecule has 222 valence electrons. The zero-order valence-corrected chi connectivity index (χ0v) is 27.2. The quantitative estimate of drug-likeness (QED) is 0.142. The molecule has 0 aliphatic carbocycles. The number of carbonyl (C=O) groups is 2. The highest BCUT2D eigenvalue weighted by atomic mass is 33.1. The second-order valence-corrected chi connectivity index (χ2v) is 12.9. The molecule has 0 bridgehead atoms. The summed E-state index contributed by atoms with van der Waals surface area (Å²) in [6, 6.07) is 16.1. The van der Waals surface area contributed by atoms with Crippen LogP contribution in [0.1, 0.15) is 87.9 Å². The van der Waals surface area contributed by atoms with Crippen molar-refractivity contribution in [1.82, 2.24) is 19.8 Å². The molecule has 4 aromatic rings. The molecular weight excluding hydrogens is 561 g/mol. The van der Waals surface area contributed by atoms with E-state index < -0.39 is 0 Å². The molecule has 2 atom stereocenters. The number of amides is 2. The first-order chi connectivity index (χ1) is 20.4. The van der Waals surface area contributed by atoms with Crippen LogP contribution in [0.2, 0.25) is 0 Å². The molecule has 4 rings (SSSR count). The van der Waals surface area contributed by atoms with Crippen molar-refractivity contribution in [3.63, 3.8) is 0 Å². The molecule has 0 spiro atoms. The van der Waals surface area contributed by atoms with Gasteiger partial charge in [-0.3, -0.25) is 19.6 Å². The monoisotopic (exact) mass is 602 g/mol. The van der Waals surface area contributed by atoms with Gasteiger partial charge in [-0.1, -0.05) is 73.5 Å². The molecule has 8 heteroatoms. The third-order valence-electron chi connectivity index (χ3n) is 7.85. The average molecular weight is 603 g/mol. The second kappa shape index (κ2) is 14.9. The Balaban J connectivity index is 1.66. The number of fused-ring (bicyclic) bond motifs is 2. The first-order valence-corrected chi connectivity index (χ1v) is 17.2. The maximum atomic E-state index is 13.7. The molecule has 0 radical (unpaired) electrons. The number of hydrogen-bond acceptors (Lipinski definition) is 6. The van der Waals surface area contributed by atoms with E-state index in [1.165, 1.54) is 0 Å². The van der Waals surface area contributed by atoms with Crippen LogP contribution in [0.5, 0.6) is 0 Å². The SMILES string of the molecule is CCCN(C(=O)c1ccnc2c(SSc3cccc4c(C(=O)N(CCC)C(C)CC)ccnc34)cccc12)C(C)CC. The van der Waals surface area contributed by atoms with Crippen LogP contribution in [0.4, 0.5) is 0 Å². The van der Waals surface area contributed by atoms with Gasteiger partial charge in [0.05, 0.1) is 22.2 Å². The summed E-state index contributed by atoms with van der Waals surface area (Å²) in [5.41, 5.74) is 3.01. The number of pyridine rings is 2. The van der Waals surface area contributed by atoms with E-state index in [0.29, 0.717) is 11.1 Å². The number of carbonyl (C=O) groups excluding carboxylic acids is 2. The van der Waals surface area contributed by atoms with Crippen molar-refractivity contribution >= 4 is 55.2 Å². The molecule has 2 aromatic heterocycles. The van der Waals surface area contributed by atoms with Gasteiger partial charge in [0, 0.05) is 58.1 Å². The highest BCUT2D eigenvalue weighted by molar-refractivity contribution is 8.76. The Labute approximate surface area is 258 Å². The van der Waals surface area contributed by atoms with Crippen molar-refractivity contribution in [2.24, 2.45) is 0 Å². The minimum absolute atomic E-state index is 0.0540. The van der Waals surface area contributed by atoms with Gasteiger partial charge in [0.25, 0.3) is 11.8 Å². The molecule has 2 unspecified atom stereocenters. The van der Waals surface area contributed by atoms with E-state index in [1.54, 1.807) is 34.0 Å². The Morgan fingerprint density at radius 2 is 1.07 bits per heavy atom. The van der Waals surface area contributed by atoms with E-state index in [9.17, 15) is 9.59 Å². The standard InChI is InChI=1S/C34H42N4O2S2/c1-7-21-37(23(5)9-3)33(39)27-17-19-35-31-25(27)13-11-15-29(31)41-42-30-16-12-14-26-28(18-20-36-32(26)30)34(40)38(22-8-2)24(6)10-4/h11-20,23-24H,7-10,21-22H2,1-6H3. The lowest BCUT2D eigenvalue weighted by molar-refractivity contribution is 0.0682. The lowest BCUT2D eigenvalue weighted by Crippen LogP contribution is -2.39. The average Bonchev–Trinajstić information content (AvgIpc) is 3.03. The predicted molar refractivity (Wildman–Crippen MR) is 177 cm³/mol. The van der Waals surface area contributed by atoms with Gasteiger partial charge in [0.2, 0.25) is 0 Å². The molecule has 0 fully saturated rings. The lowest BCUT2D eigenvalue weighted by atomic mass is 10.1. The highest BCUT2D eigenvalue weighted by Crippen LogP contribution is 2.43. The van der Waals surface area contributed by atoms with Crippen molar-refractivity contribution in [1.29, 1.82) is 0 Å². The van der Waals surface area contributed by atoms with Crippen LogP contribution in [0, 0.1) is 0 Å². The van der Waals surface area contributed by atoms with Crippen molar-refractivity contribution < 1.29 is 9.59 Å². The number of hydrogen-bond donors (Lipinski definition) is 0. The lowest BCUT2D eigenvalue weighted by Gasteiger charge is -2.29. The van der Waals surface area contributed by atoms with Gasteiger partial charge in [-0.15, -0.1) is 0 Å². The Kier molecular flexibility index (Phi) is 11.3. The van der Waals surface area contributed by atoms with E-state index >= 15 is 0 Å². The van der Waals surface area contributed by atoms with Crippen LogP contribution in [-0.4, -0.2) is 56.8 Å². The second-order valence-electron chi connectivity index (χ2n) is 10.7. The van der Waals surface area contributed by atoms with E-state index in [-0.39, 0.29) is 23.9 Å². The van der Waals surface area contributed by atoms with Gasteiger partial charge in [-0.2, -0.15) is 0 Å². The minimum Gasteiger partial charge on any atom is -0.336 e. The predicted octanol–water partition coefficient (Wildman–Crippen LogP) is 8.88. The summed E-state index contributed by atoms with van der Waals surface area (Å²) in [5, 5.41) is 1.73. The smallest absolute Gasteiger partial charge is 0.254 e. The number of nitrogens with zero attached hydrogens (tertiary/aromatic N) is 4. The van der Waals surface area contributed by atoms with Crippen molar-refractivity contribution in [2.45, 2.75) is 89.1 Å². The fourth-order valence-corrected chi connectivity index (χ4v) is 7.45. The molecule has 6 nitrogen and oxygen atoms in total. The molecule has 0 N–H and O–H groups in total. The highest BCUT2D eigenvalue weighted by Gasteiger charge is 2.24. The van der Waals surface area contributed by atoms with Crippen LogP contribution in [-0.2, 0) is 0 Å². The van der Waals surface area contributed by atoms with E-state index in [0.717, 1.165) is 70.4 Å². The summed E-state index contributed by atoms with van der Waals surface area (Å²) in [7, 11) is 3.20. The van der Waals surface area contributed by atoms with Gasteiger partial charge >= 0.3 is 0 Å². The van der Waals surface area contributed by atoms with E-state index in [4.69, 9.17) is 9.97 Å². The first kappa shape index (κ1) is 31.8. The molecule has 0 saturated carbocycles. The zero-order valence-electron chi connectivity index (χ0n) is 25.6. The fraction of sp³-hybridized carbons (Fsp3) is 0.412. The van der Waals surface area contributed by atoms with Gasteiger partial charge in [-0.25, -0.2) is 0 Å². The summed E-state index contributed by atoms with van der Waals surface area (Å²) >= 11 is 0. The van der Waals surface area contributed by atoms with Gasteiger partial charge < -0.3 is 9.80 Å². The molecule has 2 heterocycles. The maximum absolute atomic E-state index is 13.7. The van der Waals surface area contributed by atoms with Crippen LogP contribution >= 0.6 is 21.6 Å². The first-order valence-electron chi connectivity index (χ1n) is 15.1. The summed E-state index contributed by atoms with van der Waals surface area (Å²) in [4.78, 5) is 42.7. The zero-order chi connectivity index (χ0) is 30.2. The normalized spacial score (nSPS) is 12.8. The molecule has 0 aliphatic rings. The molecule has 0 aliphatic heterocycles. The van der Waals surface area contributed by atoms with Crippen molar-refractivity contribution in [3.8, 4) is 0 Å². The minimum atomic E-state index is 0.0540. The fourth-order valence-electron chi connectivity index (χ4n) is 5.17. The number of benzene rings is 2. The van der Waals surface area contributed by atoms with Crippen molar-refractivity contribution in [3.05, 3.63) is 72.1 Å². The Morgan fingerprint density at radius 1 is 0.667 bits per heavy atom. The summed E-state index contributed by atoms with van der Waals surface area (Å²) in [5.74, 6) is 0.108. The van der Waals surface area contributed by atoms with Crippen LogP contribution in [0.15, 0.2) is 70.7 Å². The topological polar surface area (TPSA) is 66.4 Å². The molecule has 2 aromatic carbocycles. The van der Waals surface area contributed by atoms with Gasteiger partial charge in [0.1, 0.15) is 0 Å². The number of para-hydroxylation sites is 2. The van der Waals surface area contributed by atoms with Crippen LogP contribution in [0.3, 0.4) is 0 Å². The number of rotatable bonds is 13. The Bertz CT molecular complexity index is 1430. The van der Waals surface area contributed by atoms with Crippen molar-refractivity contribution in [2.75, 3.05) is 13.1 Å². The van der Waals surface area contributed by atoms with Crippen LogP contribution in [0.25, 0.3) is 21.8 Å². The maximum Gasteiger partial charge on any atom is 0.254 e. The Hall–Kier alpha value is -3.10. The number of aromatic nitrogens is 2. The molecular formula is C34H42N4O2S2.